The molecule has 0 aromatic carbocycles. The molecule has 4 nitrogen and oxygen atoms in total. The molecule has 3 aliphatic carbocycles. The smallest absolute Gasteiger partial charge is 0.191 e. The molecule has 3 atom stereocenters. The lowest BCUT2D eigenvalue weighted by Gasteiger charge is -2.57. The fourth-order valence-electron chi connectivity index (χ4n) is 5.15. The summed E-state index contributed by atoms with van der Waals surface area (Å²) in [6.07, 6.45) is 13.9. The van der Waals surface area contributed by atoms with Crippen LogP contribution in [0.5, 0.6) is 0 Å². The van der Waals surface area contributed by atoms with Gasteiger partial charge < -0.3 is 15.4 Å². The van der Waals surface area contributed by atoms with Crippen molar-refractivity contribution >= 4 is 5.96 Å². The van der Waals surface area contributed by atoms with E-state index in [-0.39, 0.29) is 0 Å². The first kappa shape index (κ1) is 13.6. The molecule has 0 aromatic heterocycles. The van der Waals surface area contributed by atoms with Crippen LogP contribution in [-0.4, -0.2) is 37.8 Å². The highest BCUT2D eigenvalue weighted by Gasteiger charge is 2.65. The minimum absolute atomic E-state index is 0.396. The third kappa shape index (κ3) is 2.10. The average Bonchev–Trinajstić information content (AvgIpc) is 3.21. The van der Waals surface area contributed by atoms with Crippen LogP contribution in [0, 0.1) is 11.3 Å². The number of nitrogens with one attached hydrogen (secondary N) is 2. The second-order valence-electron chi connectivity index (χ2n) is 7.16. The number of aliphatic imine (C=N–C) groups is 1. The van der Waals surface area contributed by atoms with E-state index in [9.17, 15) is 0 Å². The van der Waals surface area contributed by atoms with Crippen LogP contribution in [0.3, 0.4) is 0 Å². The maximum atomic E-state index is 6.06. The van der Waals surface area contributed by atoms with Crippen molar-refractivity contribution in [3.63, 3.8) is 0 Å². The first-order valence-corrected chi connectivity index (χ1v) is 8.60. The lowest BCUT2D eigenvalue weighted by molar-refractivity contribution is -0.125. The van der Waals surface area contributed by atoms with E-state index in [1.807, 2.05) is 7.05 Å². The standard InChI is InChI=1S/C17H27N3O/c1-18-16(19-12-6-2-3-7-12)20-14-13-8-11-21-15(13)17(14)9-4-5-10-17/h2-3,12-15H,4-11H2,1H3,(H2,18,19,20). The molecule has 1 spiro atoms. The fourth-order valence-corrected chi connectivity index (χ4v) is 5.15. The Morgan fingerprint density at radius 1 is 1.19 bits per heavy atom. The Bertz CT molecular complexity index is 445. The first-order chi connectivity index (χ1) is 10.3. The highest BCUT2D eigenvalue weighted by Crippen LogP contribution is 2.60. The molecule has 3 fully saturated rings. The van der Waals surface area contributed by atoms with E-state index in [0.717, 1.165) is 25.4 Å². The zero-order chi connectivity index (χ0) is 14.3. The van der Waals surface area contributed by atoms with Crippen LogP contribution >= 0.6 is 0 Å². The van der Waals surface area contributed by atoms with Crippen molar-refractivity contribution < 1.29 is 4.74 Å². The third-order valence-corrected chi connectivity index (χ3v) is 6.15. The Balaban J connectivity index is 1.44. The molecule has 4 rings (SSSR count). The summed E-state index contributed by atoms with van der Waals surface area (Å²) in [6.45, 7) is 0.952. The molecule has 0 amide bonds. The minimum atomic E-state index is 0.396. The second kappa shape index (κ2) is 5.31. The maximum Gasteiger partial charge on any atom is 0.191 e. The van der Waals surface area contributed by atoms with Crippen LogP contribution in [0.25, 0.3) is 0 Å². The van der Waals surface area contributed by atoms with Gasteiger partial charge in [0.2, 0.25) is 0 Å². The number of ether oxygens (including phenoxy) is 1. The normalized spacial score (nSPS) is 37.8. The lowest BCUT2D eigenvalue weighted by atomic mass is 9.54. The van der Waals surface area contributed by atoms with Gasteiger partial charge in [0.15, 0.2) is 5.96 Å². The summed E-state index contributed by atoms with van der Waals surface area (Å²) in [7, 11) is 1.89. The summed E-state index contributed by atoms with van der Waals surface area (Å²) in [6, 6.07) is 1.08. The number of guanidine groups is 1. The Morgan fingerprint density at radius 2 is 1.95 bits per heavy atom. The van der Waals surface area contributed by atoms with Crippen molar-refractivity contribution in [2.24, 2.45) is 16.3 Å². The molecule has 4 aliphatic rings. The Hall–Kier alpha value is -1.03. The monoisotopic (exact) mass is 289 g/mol. The Labute approximate surface area is 127 Å². The highest BCUT2D eigenvalue weighted by atomic mass is 16.5. The van der Waals surface area contributed by atoms with Crippen LogP contribution < -0.4 is 10.6 Å². The SMILES string of the molecule is CN=C(NC1CC=CC1)NC1C2CCOC2C12CCCC2. The van der Waals surface area contributed by atoms with Crippen molar-refractivity contribution in [1.29, 1.82) is 0 Å². The molecule has 1 heterocycles. The number of hydrogen-bond acceptors (Lipinski definition) is 2. The fraction of sp³-hybridized carbons (Fsp3) is 0.824. The van der Waals surface area contributed by atoms with Gasteiger partial charge in [-0.2, -0.15) is 0 Å². The second-order valence-corrected chi connectivity index (χ2v) is 7.16. The molecule has 1 aliphatic heterocycles. The molecule has 4 heteroatoms. The summed E-state index contributed by atoms with van der Waals surface area (Å²) < 4.78 is 6.06. The molecule has 3 unspecified atom stereocenters. The van der Waals surface area contributed by atoms with Crippen molar-refractivity contribution in [2.75, 3.05) is 13.7 Å². The number of fused-ring (bicyclic) bond motifs is 2. The first-order valence-electron chi connectivity index (χ1n) is 8.60. The van der Waals surface area contributed by atoms with Gasteiger partial charge in [0.05, 0.1) is 6.10 Å². The van der Waals surface area contributed by atoms with Crippen molar-refractivity contribution in [3.05, 3.63) is 12.2 Å². The summed E-state index contributed by atoms with van der Waals surface area (Å²) >= 11 is 0. The van der Waals surface area contributed by atoms with E-state index in [1.54, 1.807) is 0 Å². The molecule has 116 valence electrons. The maximum absolute atomic E-state index is 6.06. The molecule has 2 saturated carbocycles. The molecule has 0 radical (unpaired) electrons. The zero-order valence-electron chi connectivity index (χ0n) is 13.0. The van der Waals surface area contributed by atoms with Crippen LogP contribution in [-0.2, 0) is 4.74 Å². The topological polar surface area (TPSA) is 45.7 Å². The van der Waals surface area contributed by atoms with E-state index in [2.05, 4.69) is 27.8 Å². The van der Waals surface area contributed by atoms with Crippen LogP contribution in [0.4, 0.5) is 0 Å². The van der Waals surface area contributed by atoms with E-state index in [1.165, 1.54) is 32.1 Å². The van der Waals surface area contributed by atoms with Crippen molar-refractivity contribution in [3.8, 4) is 0 Å². The van der Waals surface area contributed by atoms with E-state index in [0.29, 0.717) is 29.5 Å². The number of rotatable bonds is 2. The van der Waals surface area contributed by atoms with Gasteiger partial charge in [0.1, 0.15) is 0 Å². The Kier molecular flexibility index (Phi) is 3.44. The van der Waals surface area contributed by atoms with Crippen LogP contribution in [0.1, 0.15) is 44.9 Å². The van der Waals surface area contributed by atoms with E-state index in [4.69, 9.17) is 4.74 Å². The lowest BCUT2D eigenvalue weighted by Crippen LogP contribution is -2.69. The van der Waals surface area contributed by atoms with Gasteiger partial charge >= 0.3 is 0 Å². The van der Waals surface area contributed by atoms with E-state index < -0.39 is 0 Å². The van der Waals surface area contributed by atoms with Gasteiger partial charge in [-0.1, -0.05) is 25.0 Å². The summed E-state index contributed by atoms with van der Waals surface area (Å²) in [5, 5.41) is 7.35. The molecule has 0 bridgehead atoms. The Morgan fingerprint density at radius 3 is 2.67 bits per heavy atom. The van der Waals surface area contributed by atoms with Crippen molar-refractivity contribution in [2.45, 2.75) is 63.1 Å². The average molecular weight is 289 g/mol. The predicted octanol–water partition coefficient (Wildman–Crippen LogP) is 2.22. The molecule has 0 aromatic rings. The molecular formula is C17H27N3O. The van der Waals surface area contributed by atoms with Gasteiger partial charge in [-0.25, -0.2) is 0 Å². The van der Waals surface area contributed by atoms with Crippen LogP contribution in [0.2, 0.25) is 0 Å². The van der Waals surface area contributed by atoms with Gasteiger partial charge in [-0.3, -0.25) is 4.99 Å². The van der Waals surface area contributed by atoms with Crippen molar-refractivity contribution in [1.82, 2.24) is 10.6 Å². The number of hydrogen-bond donors (Lipinski definition) is 2. The van der Waals surface area contributed by atoms with E-state index >= 15 is 0 Å². The molecule has 1 saturated heterocycles. The minimum Gasteiger partial charge on any atom is -0.377 e. The quantitative estimate of drug-likeness (QED) is 0.465. The summed E-state index contributed by atoms with van der Waals surface area (Å²) in [4.78, 5) is 4.47. The van der Waals surface area contributed by atoms with Crippen LogP contribution in [0.15, 0.2) is 17.1 Å². The molecular weight excluding hydrogens is 262 g/mol. The molecule has 2 N–H and O–H groups in total. The summed E-state index contributed by atoms with van der Waals surface area (Å²) in [5.74, 6) is 1.69. The van der Waals surface area contributed by atoms with Gasteiger partial charge in [-0.15, -0.1) is 0 Å². The van der Waals surface area contributed by atoms with Gasteiger partial charge in [0, 0.05) is 37.1 Å². The summed E-state index contributed by atoms with van der Waals surface area (Å²) in [5.41, 5.74) is 0.396. The highest BCUT2D eigenvalue weighted by molar-refractivity contribution is 5.80. The van der Waals surface area contributed by atoms with Gasteiger partial charge in [-0.05, 0) is 32.1 Å². The zero-order valence-corrected chi connectivity index (χ0v) is 13.0. The predicted molar refractivity (Wildman–Crippen MR) is 84.3 cm³/mol. The van der Waals surface area contributed by atoms with Gasteiger partial charge in [0.25, 0.3) is 0 Å². The third-order valence-electron chi connectivity index (χ3n) is 6.15. The molecule has 21 heavy (non-hydrogen) atoms. The number of nitrogens with zero attached hydrogens (tertiary/aromatic N) is 1. The largest absolute Gasteiger partial charge is 0.377 e.